The van der Waals surface area contributed by atoms with Gasteiger partial charge in [0.25, 0.3) is 0 Å². The third-order valence-corrected chi connectivity index (χ3v) is 4.80. The molecular weight excluding hydrogens is 252 g/mol. The molecule has 3 atom stereocenters. The summed E-state index contributed by atoms with van der Waals surface area (Å²) < 4.78 is 4.95. The van der Waals surface area contributed by atoms with E-state index in [0.717, 1.165) is 25.4 Å². The highest BCUT2D eigenvalue weighted by Crippen LogP contribution is 2.28. The minimum absolute atomic E-state index is 0.163. The molecule has 118 valence electrons. The molecule has 20 heavy (non-hydrogen) atoms. The van der Waals surface area contributed by atoms with Crippen LogP contribution in [0.25, 0.3) is 0 Å². The Hall–Kier alpha value is -0.610. The molecule has 0 aliphatic heterocycles. The summed E-state index contributed by atoms with van der Waals surface area (Å²) in [5.41, 5.74) is -0.574. The highest BCUT2D eigenvalue weighted by Gasteiger charge is 2.34. The molecule has 1 N–H and O–H groups in total. The lowest BCUT2D eigenvalue weighted by Gasteiger charge is -2.38. The van der Waals surface area contributed by atoms with Crippen LogP contribution in [0, 0.1) is 5.92 Å². The van der Waals surface area contributed by atoms with Crippen molar-refractivity contribution in [2.45, 2.75) is 64.5 Å². The first-order valence-electron chi connectivity index (χ1n) is 7.98. The molecule has 1 fully saturated rings. The van der Waals surface area contributed by atoms with Crippen molar-refractivity contribution >= 4 is 5.97 Å². The van der Waals surface area contributed by atoms with Crippen molar-refractivity contribution in [1.29, 1.82) is 0 Å². The van der Waals surface area contributed by atoms with Crippen molar-refractivity contribution in [1.82, 2.24) is 10.2 Å². The van der Waals surface area contributed by atoms with Gasteiger partial charge >= 0.3 is 5.97 Å². The second-order valence-corrected chi connectivity index (χ2v) is 6.41. The van der Waals surface area contributed by atoms with E-state index in [1.807, 2.05) is 13.8 Å². The Morgan fingerprint density at radius 2 is 2.05 bits per heavy atom. The van der Waals surface area contributed by atoms with Crippen LogP contribution in [0.3, 0.4) is 0 Å². The number of carbonyl (C=O) groups excluding carboxylic acids is 1. The molecule has 0 bridgehead atoms. The van der Waals surface area contributed by atoms with Gasteiger partial charge in [-0.05, 0) is 45.7 Å². The van der Waals surface area contributed by atoms with Crippen LogP contribution in [-0.2, 0) is 9.53 Å². The molecule has 1 rings (SSSR count). The van der Waals surface area contributed by atoms with Gasteiger partial charge in [0.05, 0.1) is 7.11 Å². The number of nitrogens with zero attached hydrogens (tertiary/aromatic N) is 1. The van der Waals surface area contributed by atoms with Gasteiger partial charge in [-0.3, -0.25) is 4.79 Å². The van der Waals surface area contributed by atoms with E-state index in [2.05, 4.69) is 24.2 Å². The summed E-state index contributed by atoms with van der Waals surface area (Å²) in [5, 5.41) is 3.28. The molecule has 0 spiro atoms. The Kier molecular flexibility index (Phi) is 6.96. The standard InChI is InChI=1S/C16H32N2O2/c1-6-17-16(3,15(19)20-5)11-12-18(4)14-10-8-7-9-13(14)2/h13-14,17H,6-12H2,1-5H3. The first-order chi connectivity index (χ1) is 9.44. The van der Waals surface area contributed by atoms with Crippen molar-refractivity contribution in [3.63, 3.8) is 0 Å². The zero-order valence-electron chi connectivity index (χ0n) is 13.9. The monoisotopic (exact) mass is 284 g/mol. The number of esters is 1. The van der Waals surface area contributed by atoms with Gasteiger partial charge in [-0.1, -0.05) is 26.7 Å². The van der Waals surface area contributed by atoms with Crippen LogP contribution in [0.4, 0.5) is 0 Å². The summed E-state index contributed by atoms with van der Waals surface area (Å²) in [7, 11) is 3.65. The van der Waals surface area contributed by atoms with Crippen molar-refractivity contribution in [3.05, 3.63) is 0 Å². The van der Waals surface area contributed by atoms with Crippen molar-refractivity contribution in [2.24, 2.45) is 5.92 Å². The second kappa shape index (κ2) is 7.99. The SMILES string of the molecule is CCNC(C)(CCN(C)C1CCCCC1C)C(=O)OC. The summed E-state index contributed by atoms with van der Waals surface area (Å²) in [6.45, 7) is 8.02. The molecule has 0 aromatic heterocycles. The molecule has 3 unspecified atom stereocenters. The molecule has 1 saturated carbocycles. The van der Waals surface area contributed by atoms with Crippen molar-refractivity contribution in [3.8, 4) is 0 Å². The molecule has 0 heterocycles. The zero-order chi connectivity index (χ0) is 15.2. The van der Waals surface area contributed by atoms with Crippen molar-refractivity contribution < 1.29 is 9.53 Å². The number of hydrogen-bond donors (Lipinski definition) is 1. The number of ether oxygens (including phenoxy) is 1. The summed E-state index contributed by atoms with van der Waals surface area (Å²) in [6.07, 6.45) is 6.10. The molecule has 4 heteroatoms. The first-order valence-corrected chi connectivity index (χ1v) is 7.98. The molecule has 1 aliphatic carbocycles. The molecule has 0 aromatic carbocycles. The molecule has 1 aliphatic rings. The fourth-order valence-electron chi connectivity index (χ4n) is 3.40. The van der Waals surface area contributed by atoms with Gasteiger partial charge < -0.3 is 15.0 Å². The minimum atomic E-state index is -0.574. The van der Waals surface area contributed by atoms with Crippen molar-refractivity contribution in [2.75, 3.05) is 27.2 Å². The van der Waals surface area contributed by atoms with E-state index in [1.54, 1.807) is 0 Å². The Balaban J connectivity index is 2.55. The Morgan fingerprint density at radius 1 is 1.40 bits per heavy atom. The van der Waals surface area contributed by atoms with Gasteiger partial charge in [0.15, 0.2) is 0 Å². The molecule has 0 radical (unpaired) electrons. The van der Waals surface area contributed by atoms with Gasteiger partial charge in [-0.15, -0.1) is 0 Å². The van der Waals surface area contributed by atoms with E-state index < -0.39 is 5.54 Å². The summed E-state index contributed by atoms with van der Waals surface area (Å²) in [4.78, 5) is 14.4. The highest BCUT2D eigenvalue weighted by molar-refractivity contribution is 5.80. The first kappa shape index (κ1) is 17.4. The van der Waals surface area contributed by atoms with Crippen LogP contribution in [0.2, 0.25) is 0 Å². The fraction of sp³-hybridized carbons (Fsp3) is 0.938. The minimum Gasteiger partial charge on any atom is -0.468 e. The maximum atomic E-state index is 12.0. The molecule has 4 nitrogen and oxygen atoms in total. The number of nitrogens with one attached hydrogen (secondary N) is 1. The molecular formula is C16H32N2O2. The maximum Gasteiger partial charge on any atom is 0.325 e. The number of hydrogen-bond acceptors (Lipinski definition) is 4. The van der Waals surface area contributed by atoms with Crippen LogP contribution in [0.5, 0.6) is 0 Å². The number of rotatable bonds is 7. The third-order valence-electron chi connectivity index (χ3n) is 4.80. The summed E-state index contributed by atoms with van der Waals surface area (Å²) in [6, 6.07) is 0.660. The lowest BCUT2D eigenvalue weighted by atomic mass is 9.84. The Morgan fingerprint density at radius 3 is 2.60 bits per heavy atom. The van der Waals surface area contributed by atoms with Gasteiger partial charge in [0.2, 0.25) is 0 Å². The Labute approximate surface area is 124 Å². The number of methoxy groups -OCH3 is 1. The molecule has 0 saturated heterocycles. The van der Waals surface area contributed by atoms with Gasteiger partial charge in [-0.25, -0.2) is 0 Å². The second-order valence-electron chi connectivity index (χ2n) is 6.41. The van der Waals surface area contributed by atoms with E-state index in [4.69, 9.17) is 4.74 Å². The van der Waals surface area contributed by atoms with E-state index in [1.165, 1.54) is 32.8 Å². The van der Waals surface area contributed by atoms with E-state index in [0.29, 0.717) is 6.04 Å². The van der Waals surface area contributed by atoms with Crippen LogP contribution >= 0.6 is 0 Å². The van der Waals surface area contributed by atoms with Crippen LogP contribution < -0.4 is 5.32 Å². The fourth-order valence-corrected chi connectivity index (χ4v) is 3.40. The normalized spacial score (nSPS) is 26.3. The Bertz CT molecular complexity index is 309. The lowest BCUT2D eigenvalue weighted by Crippen LogP contribution is -2.52. The van der Waals surface area contributed by atoms with Crippen LogP contribution in [-0.4, -0.2) is 49.7 Å². The highest BCUT2D eigenvalue weighted by atomic mass is 16.5. The topological polar surface area (TPSA) is 41.6 Å². The average Bonchev–Trinajstić information content (AvgIpc) is 2.44. The zero-order valence-corrected chi connectivity index (χ0v) is 13.9. The van der Waals surface area contributed by atoms with Crippen LogP contribution in [0.1, 0.15) is 52.9 Å². The van der Waals surface area contributed by atoms with Gasteiger partial charge in [-0.2, -0.15) is 0 Å². The maximum absolute atomic E-state index is 12.0. The summed E-state index contributed by atoms with van der Waals surface area (Å²) >= 11 is 0. The summed E-state index contributed by atoms with van der Waals surface area (Å²) in [5.74, 6) is 0.599. The van der Waals surface area contributed by atoms with Gasteiger partial charge in [0.1, 0.15) is 5.54 Å². The number of likely N-dealkylation sites (N-methyl/N-ethyl adjacent to an activating group) is 1. The number of carbonyl (C=O) groups is 1. The van der Waals surface area contributed by atoms with E-state index in [9.17, 15) is 4.79 Å². The average molecular weight is 284 g/mol. The predicted molar refractivity (Wildman–Crippen MR) is 82.8 cm³/mol. The lowest BCUT2D eigenvalue weighted by molar-refractivity contribution is -0.148. The van der Waals surface area contributed by atoms with E-state index >= 15 is 0 Å². The smallest absolute Gasteiger partial charge is 0.325 e. The van der Waals surface area contributed by atoms with E-state index in [-0.39, 0.29) is 5.97 Å². The molecule has 0 amide bonds. The quantitative estimate of drug-likeness (QED) is 0.729. The van der Waals surface area contributed by atoms with Gasteiger partial charge in [0, 0.05) is 12.6 Å². The van der Waals surface area contributed by atoms with Crippen LogP contribution in [0.15, 0.2) is 0 Å². The largest absolute Gasteiger partial charge is 0.468 e. The molecule has 0 aromatic rings. The predicted octanol–water partition coefficient (Wildman–Crippen LogP) is 2.43. The third kappa shape index (κ3) is 4.45.